The van der Waals surface area contributed by atoms with Gasteiger partial charge in [-0.3, -0.25) is 9.59 Å². The van der Waals surface area contributed by atoms with Crippen LogP contribution >= 0.6 is 0 Å². The molecule has 1 aliphatic carbocycles. The van der Waals surface area contributed by atoms with E-state index in [1.807, 2.05) is 31.2 Å². The first-order valence-corrected chi connectivity index (χ1v) is 10.5. The fourth-order valence-corrected chi connectivity index (χ4v) is 3.85. The number of amides is 1. The van der Waals surface area contributed by atoms with Crippen molar-refractivity contribution < 1.29 is 14.3 Å². The number of rotatable bonds is 8. The van der Waals surface area contributed by atoms with E-state index < -0.39 is 0 Å². The van der Waals surface area contributed by atoms with E-state index in [1.54, 1.807) is 0 Å². The highest BCUT2D eigenvalue weighted by Crippen LogP contribution is 2.40. The van der Waals surface area contributed by atoms with E-state index in [1.165, 1.54) is 25.3 Å². The molecule has 0 atom stereocenters. The second kappa shape index (κ2) is 8.42. The van der Waals surface area contributed by atoms with Crippen LogP contribution in [-0.2, 0) is 20.7 Å². The van der Waals surface area contributed by atoms with Crippen molar-refractivity contribution in [2.45, 2.75) is 39.0 Å². The van der Waals surface area contributed by atoms with Crippen molar-refractivity contribution in [3.05, 3.63) is 53.2 Å². The highest BCUT2D eigenvalue weighted by atomic mass is 16.5. The topological polar surface area (TPSA) is 84.4 Å². The monoisotopic (exact) mass is 408 g/mol. The van der Waals surface area contributed by atoms with E-state index in [2.05, 4.69) is 32.5 Å². The Balaban J connectivity index is 1.32. The third-order valence-electron chi connectivity index (χ3n) is 5.80. The maximum atomic E-state index is 12.5. The van der Waals surface area contributed by atoms with Crippen molar-refractivity contribution in [3.63, 3.8) is 0 Å². The lowest BCUT2D eigenvalue weighted by atomic mass is 9.80. The first-order chi connectivity index (χ1) is 14.4. The molecule has 4 rings (SSSR count). The Hall–Kier alpha value is -2.96. The molecule has 1 amide bonds. The molecular weight excluding hydrogens is 380 g/mol. The Kier molecular flexibility index (Phi) is 5.70. The number of aryl methyl sites for hydroxylation is 1. The molecule has 30 heavy (non-hydrogen) atoms. The van der Waals surface area contributed by atoms with Crippen LogP contribution in [0, 0.1) is 12.3 Å². The maximum Gasteiger partial charge on any atom is 0.302 e. The number of ether oxygens (including phenoxy) is 1. The fraction of sp³-hybridized carbons (Fsp3) is 0.478. The van der Waals surface area contributed by atoms with Gasteiger partial charge < -0.3 is 15.0 Å². The van der Waals surface area contributed by atoms with Crippen LogP contribution in [0.25, 0.3) is 0 Å². The zero-order chi connectivity index (χ0) is 21.1. The molecule has 1 N–H and O–H groups in total. The molecule has 2 fully saturated rings. The van der Waals surface area contributed by atoms with Crippen molar-refractivity contribution in [2.75, 3.05) is 31.1 Å². The number of nitrogens with one attached hydrogen (secondary N) is 1. The molecule has 1 aliphatic heterocycles. The van der Waals surface area contributed by atoms with Crippen LogP contribution in [0.1, 0.15) is 42.5 Å². The summed E-state index contributed by atoms with van der Waals surface area (Å²) in [5.41, 5.74) is 2.93. The van der Waals surface area contributed by atoms with Gasteiger partial charge in [-0.05, 0) is 48.9 Å². The predicted octanol–water partition coefficient (Wildman–Crippen LogP) is 2.39. The van der Waals surface area contributed by atoms with E-state index in [4.69, 9.17) is 4.74 Å². The molecule has 2 heterocycles. The van der Waals surface area contributed by atoms with Crippen LogP contribution in [0.15, 0.2) is 36.4 Å². The van der Waals surface area contributed by atoms with Gasteiger partial charge in [-0.2, -0.15) is 5.10 Å². The van der Waals surface area contributed by atoms with E-state index in [-0.39, 0.29) is 23.9 Å². The first kappa shape index (κ1) is 20.3. The summed E-state index contributed by atoms with van der Waals surface area (Å²) in [7, 11) is 0. The van der Waals surface area contributed by atoms with Crippen molar-refractivity contribution >= 4 is 17.7 Å². The minimum Gasteiger partial charge on any atom is -0.465 e. The molecule has 0 radical (unpaired) electrons. The molecule has 2 aromatic rings. The smallest absolute Gasteiger partial charge is 0.302 e. The standard InChI is InChI=1S/C23H28N4O3/c1-16-3-10-21(26-25-16)27-13-23(14-27,15-30-17(2)28)12-24-22(29)11-18-4-6-19(7-5-18)20-8-9-20/h3-7,10,20H,8-9,11-15H2,1-2H3,(H,24,29). The Morgan fingerprint density at radius 3 is 2.47 bits per heavy atom. The Bertz CT molecular complexity index is 901. The van der Waals surface area contributed by atoms with E-state index in [0.717, 1.165) is 17.1 Å². The summed E-state index contributed by atoms with van der Waals surface area (Å²) >= 11 is 0. The second-order valence-electron chi connectivity index (χ2n) is 8.64. The van der Waals surface area contributed by atoms with Gasteiger partial charge in [-0.25, -0.2) is 0 Å². The number of esters is 1. The quantitative estimate of drug-likeness (QED) is 0.675. The zero-order valence-corrected chi connectivity index (χ0v) is 17.6. The lowest BCUT2D eigenvalue weighted by molar-refractivity contribution is -0.145. The third-order valence-corrected chi connectivity index (χ3v) is 5.80. The number of aromatic nitrogens is 2. The maximum absolute atomic E-state index is 12.5. The Labute approximate surface area is 176 Å². The molecule has 0 spiro atoms. The predicted molar refractivity (Wildman–Crippen MR) is 113 cm³/mol. The molecule has 158 valence electrons. The Morgan fingerprint density at radius 1 is 1.13 bits per heavy atom. The van der Waals surface area contributed by atoms with E-state index in [9.17, 15) is 9.59 Å². The summed E-state index contributed by atoms with van der Waals surface area (Å²) in [6.45, 7) is 5.32. The average molecular weight is 409 g/mol. The minimum absolute atomic E-state index is 0.0232. The third kappa shape index (κ3) is 4.96. The second-order valence-corrected chi connectivity index (χ2v) is 8.64. The van der Waals surface area contributed by atoms with Gasteiger partial charge in [0.1, 0.15) is 6.61 Å². The number of carbonyl (C=O) groups excluding carboxylic acids is 2. The largest absolute Gasteiger partial charge is 0.465 e. The SMILES string of the molecule is CC(=O)OCC1(CNC(=O)Cc2ccc(C3CC3)cc2)CN(c2ccc(C)nn2)C1. The molecule has 0 unspecified atom stereocenters. The van der Waals surface area contributed by atoms with Crippen molar-refractivity contribution in [2.24, 2.45) is 5.41 Å². The average Bonchev–Trinajstić information content (AvgIpc) is 3.53. The highest BCUT2D eigenvalue weighted by Gasteiger charge is 2.45. The molecule has 1 aromatic carbocycles. The number of benzene rings is 1. The number of carbonyl (C=O) groups is 2. The van der Waals surface area contributed by atoms with Crippen LogP contribution in [-0.4, -0.2) is 48.3 Å². The number of anilines is 1. The molecule has 0 bridgehead atoms. The summed E-state index contributed by atoms with van der Waals surface area (Å²) in [5.74, 6) is 1.17. The van der Waals surface area contributed by atoms with Gasteiger partial charge in [-0.15, -0.1) is 5.10 Å². The molecule has 7 heteroatoms. The number of hydrogen-bond acceptors (Lipinski definition) is 6. The molecule has 2 aliphatic rings. The van der Waals surface area contributed by atoms with Gasteiger partial charge in [-0.1, -0.05) is 24.3 Å². The minimum atomic E-state index is -0.316. The fourth-order valence-electron chi connectivity index (χ4n) is 3.85. The normalized spacial score (nSPS) is 17.2. The molecule has 7 nitrogen and oxygen atoms in total. The van der Waals surface area contributed by atoms with Crippen molar-refractivity contribution in [3.8, 4) is 0 Å². The van der Waals surface area contributed by atoms with Crippen molar-refractivity contribution in [1.29, 1.82) is 0 Å². The highest BCUT2D eigenvalue weighted by molar-refractivity contribution is 5.78. The lowest BCUT2D eigenvalue weighted by Crippen LogP contribution is -2.63. The van der Waals surface area contributed by atoms with Gasteiger partial charge in [0.2, 0.25) is 5.91 Å². The van der Waals surface area contributed by atoms with Crippen LogP contribution in [0.4, 0.5) is 5.82 Å². The van der Waals surface area contributed by atoms with Gasteiger partial charge >= 0.3 is 5.97 Å². The van der Waals surface area contributed by atoms with Gasteiger partial charge in [0, 0.05) is 26.6 Å². The van der Waals surface area contributed by atoms with Crippen LogP contribution in [0.5, 0.6) is 0 Å². The molecule has 1 saturated carbocycles. The Morgan fingerprint density at radius 2 is 1.87 bits per heavy atom. The lowest BCUT2D eigenvalue weighted by Gasteiger charge is -2.50. The summed E-state index contributed by atoms with van der Waals surface area (Å²) in [4.78, 5) is 25.9. The van der Waals surface area contributed by atoms with Gasteiger partial charge in [0.25, 0.3) is 0 Å². The molecule has 1 saturated heterocycles. The number of nitrogens with zero attached hydrogens (tertiary/aromatic N) is 3. The van der Waals surface area contributed by atoms with Crippen LogP contribution < -0.4 is 10.2 Å². The zero-order valence-electron chi connectivity index (χ0n) is 17.6. The van der Waals surface area contributed by atoms with Crippen molar-refractivity contribution in [1.82, 2.24) is 15.5 Å². The summed E-state index contributed by atoms with van der Waals surface area (Å²) in [6.07, 6.45) is 2.90. The van der Waals surface area contributed by atoms with E-state index in [0.29, 0.717) is 32.0 Å². The first-order valence-electron chi connectivity index (χ1n) is 10.5. The summed E-state index contributed by atoms with van der Waals surface area (Å²) in [6, 6.07) is 12.2. The van der Waals surface area contributed by atoms with E-state index >= 15 is 0 Å². The molecular formula is C23H28N4O3. The van der Waals surface area contributed by atoms with Crippen LogP contribution in [0.2, 0.25) is 0 Å². The summed E-state index contributed by atoms with van der Waals surface area (Å²) < 4.78 is 5.29. The summed E-state index contributed by atoms with van der Waals surface area (Å²) in [5, 5.41) is 11.4. The van der Waals surface area contributed by atoms with Gasteiger partial charge in [0.15, 0.2) is 5.82 Å². The van der Waals surface area contributed by atoms with Gasteiger partial charge in [0.05, 0.1) is 17.5 Å². The number of hydrogen-bond donors (Lipinski definition) is 1. The molecule has 1 aromatic heterocycles. The van der Waals surface area contributed by atoms with Crippen LogP contribution in [0.3, 0.4) is 0 Å².